The highest BCUT2D eigenvalue weighted by Crippen LogP contribution is 2.62. The molecule has 0 heterocycles. The minimum absolute atomic E-state index is 0.0210. The third-order valence-corrected chi connectivity index (χ3v) is 6.07. The summed E-state index contributed by atoms with van der Waals surface area (Å²) >= 11 is 0. The van der Waals surface area contributed by atoms with Crippen molar-refractivity contribution in [2.24, 2.45) is 11.8 Å². The van der Waals surface area contributed by atoms with Gasteiger partial charge in [0, 0.05) is 23.7 Å². The largest absolute Gasteiger partial charge is 0.390 e. The zero-order valence-electron chi connectivity index (χ0n) is 14.8. The second-order valence-electron chi connectivity index (χ2n) is 8.57. The molecule has 2 unspecified atom stereocenters. The van der Waals surface area contributed by atoms with E-state index in [-0.39, 0.29) is 23.7 Å². The van der Waals surface area contributed by atoms with Crippen molar-refractivity contribution in [3.8, 4) is 0 Å². The van der Waals surface area contributed by atoms with E-state index in [1.54, 1.807) is 0 Å². The van der Waals surface area contributed by atoms with E-state index in [0.717, 1.165) is 0 Å². The molecule has 0 spiro atoms. The highest BCUT2D eigenvalue weighted by atomic mass is 16.3. The molecule has 0 fully saturated rings. The fourth-order valence-electron chi connectivity index (χ4n) is 5.37. The van der Waals surface area contributed by atoms with Crippen molar-refractivity contribution >= 4 is 0 Å². The van der Waals surface area contributed by atoms with Gasteiger partial charge in [-0.05, 0) is 49.9 Å². The Morgan fingerprint density at radius 1 is 0.583 bits per heavy atom. The molecule has 2 atom stereocenters. The van der Waals surface area contributed by atoms with E-state index < -0.39 is 11.2 Å². The van der Waals surface area contributed by atoms with E-state index in [1.807, 2.05) is 27.7 Å². The molecule has 0 aromatic heterocycles. The average molecular weight is 322 g/mol. The van der Waals surface area contributed by atoms with Crippen molar-refractivity contribution < 1.29 is 10.2 Å². The van der Waals surface area contributed by atoms with Gasteiger partial charge in [0.2, 0.25) is 0 Å². The number of hydrogen-bond donors (Lipinski definition) is 2. The van der Waals surface area contributed by atoms with E-state index in [2.05, 4.69) is 48.5 Å². The van der Waals surface area contributed by atoms with Crippen LogP contribution in [-0.2, 0) is 0 Å². The van der Waals surface area contributed by atoms with Gasteiger partial charge in [-0.25, -0.2) is 0 Å². The standard InChI is InChI=1S/C22H26O2/c1-21(2,23)19-17-13-9-5-7-11-15(13)18(20(19)22(3,4)24)16-12-8-6-10-14(16)17/h5-12,17-20,23-24H,1-4H3. The molecule has 5 rings (SSSR count). The Morgan fingerprint density at radius 2 is 0.833 bits per heavy atom. The van der Waals surface area contributed by atoms with Crippen LogP contribution in [0, 0.1) is 11.8 Å². The summed E-state index contributed by atoms with van der Waals surface area (Å²) in [5.74, 6) is 0.206. The summed E-state index contributed by atoms with van der Waals surface area (Å²) in [6.45, 7) is 7.56. The lowest BCUT2D eigenvalue weighted by Crippen LogP contribution is -2.56. The van der Waals surface area contributed by atoms with Gasteiger partial charge >= 0.3 is 0 Å². The van der Waals surface area contributed by atoms with Gasteiger partial charge in [-0.3, -0.25) is 0 Å². The molecule has 0 radical (unpaired) electrons. The number of aliphatic hydroxyl groups is 2. The van der Waals surface area contributed by atoms with Gasteiger partial charge in [0.25, 0.3) is 0 Å². The molecule has 3 aliphatic carbocycles. The first-order valence-electron chi connectivity index (χ1n) is 8.83. The predicted molar refractivity (Wildman–Crippen MR) is 96.1 cm³/mol. The third kappa shape index (κ3) is 2.09. The van der Waals surface area contributed by atoms with Crippen LogP contribution >= 0.6 is 0 Å². The molecule has 0 saturated carbocycles. The second kappa shape index (κ2) is 4.93. The first-order chi connectivity index (χ1) is 11.2. The van der Waals surface area contributed by atoms with Crippen LogP contribution in [0.2, 0.25) is 0 Å². The third-order valence-electron chi connectivity index (χ3n) is 6.07. The molecule has 0 aliphatic heterocycles. The molecule has 0 amide bonds. The minimum Gasteiger partial charge on any atom is -0.390 e. The number of benzene rings is 2. The van der Waals surface area contributed by atoms with Gasteiger partial charge in [-0.2, -0.15) is 0 Å². The normalized spacial score (nSPS) is 28.4. The van der Waals surface area contributed by atoms with E-state index >= 15 is 0 Å². The van der Waals surface area contributed by atoms with Crippen molar-refractivity contribution in [1.29, 1.82) is 0 Å². The van der Waals surface area contributed by atoms with Crippen LogP contribution < -0.4 is 0 Å². The Bertz CT molecular complexity index is 666. The van der Waals surface area contributed by atoms with Crippen LogP contribution in [0.15, 0.2) is 48.5 Å². The highest BCUT2D eigenvalue weighted by Gasteiger charge is 2.57. The van der Waals surface area contributed by atoms with Crippen LogP contribution in [0.1, 0.15) is 61.8 Å². The lowest BCUT2D eigenvalue weighted by Gasteiger charge is -2.57. The van der Waals surface area contributed by atoms with E-state index in [1.165, 1.54) is 22.3 Å². The molecule has 2 aromatic rings. The Morgan fingerprint density at radius 3 is 1.04 bits per heavy atom. The second-order valence-corrected chi connectivity index (χ2v) is 8.57. The quantitative estimate of drug-likeness (QED) is 0.875. The maximum Gasteiger partial charge on any atom is 0.0632 e. The Hall–Kier alpha value is -1.64. The zero-order chi connectivity index (χ0) is 17.3. The molecule has 2 bridgehead atoms. The zero-order valence-corrected chi connectivity index (χ0v) is 14.8. The predicted octanol–water partition coefficient (Wildman–Crippen LogP) is 4.05. The fraction of sp³-hybridized carbons (Fsp3) is 0.455. The lowest BCUT2D eigenvalue weighted by molar-refractivity contribution is -0.102. The monoisotopic (exact) mass is 322 g/mol. The molecule has 126 valence electrons. The number of hydrogen-bond acceptors (Lipinski definition) is 2. The van der Waals surface area contributed by atoms with Gasteiger partial charge < -0.3 is 10.2 Å². The smallest absolute Gasteiger partial charge is 0.0632 e. The molecule has 3 aliphatic rings. The minimum atomic E-state index is -0.866. The molecule has 24 heavy (non-hydrogen) atoms. The SMILES string of the molecule is CC(C)(O)C1C2c3ccccc3C(c3ccccc32)C1C(C)(C)O. The Balaban J connectivity index is 2.06. The van der Waals surface area contributed by atoms with Crippen LogP contribution in [0.4, 0.5) is 0 Å². The Labute approximate surface area is 144 Å². The summed E-state index contributed by atoms with van der Waals surface area (Å²) in [4.78, 5) is 0. The molecule has 0 saturated heterocycles. The highest BCUT2D eigenvalue weighted by molar-refractivity contribution is 5.57. The first-order valence-corrected chi connectivity index (χ1v) is 8.83. The summed E-state index contributed by atoms with van der Waals surface area (Å²) in [5.41, 5.74) is 3.52. The van der Waals surface area contributed by atoms with E-state index in [4.69, 9.17) is 0 Å². The van der Waals surface area contributed by atoms with Crippen LogP contribution in [0.5, 0.6) is 0 Å². The van der Waals surface area contributed by atoms with Gasteiger partial charge in [-0.1, -0.05) is 48.5 Å². The van der Waals surface area contributed by atoms with Gasteiger partial charge in [-0.15, -0.1) is 0 Å². The molecular weight excluding hydrogens is 296 g/mol. The molecular formula is C22H26O2. The molecule has 2 N–H and O–H groups in total. The van der Waals surface area contributed by atoms with Crippen molar-refractivity contribution in [1.82, 2.24) is 0 Å². The Kier molecular flexibility index (Phi) is 3.26. The summed E-state index contributed by atoms with van der Waals surface area (Å²) < 4.78 is 0. The van der Waals surface area contributed by atoms with E-state index in [9.17, 15) is 10.2 Å². The summed E-state index contributed by atoms with van der Waals surface area (Å²) in [5, 5.41) is 22.1. The van der Waals surface area contributed by atoms with Crippen molar-refractivity contribution in [3.63, 3.8) is 0 Å². The van der Waals surface area contributed by atoms with Crippen LogP contribution in [0.25, 0.3) is 0 Å². The summed E-state index contributed by atoms with van der Waals surface area (Å²) in [7, 11) is 0. The maximum absolute atomic E-state index is 11.0. The maximum atomic E-state index is 11.0. The van der Waals surface area contributed by atoms with Crippen molar-refractivity contribution in [3.05, 3.63) is 70.8 Å². The van der Waals surface area contributed by atoms with Crippen LogP contribution in [-0.4, -0.2) is 21.4 Å². The van der Waals surface area contributed by atoms with Crippen molar-refractivity contribution in [2.45, 2.75) is 50.7 Å². The average Bonchev–Trinajstić information content (AvgIpc) is 2.52. The molecule has 2 nitrogen and oxygen atoms in total. The topological polar surface area (TPSA) is 40.5 Å². The first kappa shape index (κ1) is 15.9. The van der Waals surface area contributed by atoms with Crippen molar-refractivity contribution in [2.75, 3.05) is 0 Å². The van der Waals surface area contributed by atoms with Gasteiger partial charge in [0.15, 0.2) is 0 Å². The fourth-order valence-corrected chi connectivity index (χ4v) is 5.37. The number of fused-ring (bicyclic) bond motifs is 1. The van der Waals surface area contributed by atoms with Gasteiger partial charge in [0.05, 0.1) is 11.2 Å². The number of rotatable bonds is 2. The van der Waals surface area contributed by atoms with E-state index in [0.29, 0.717) is 0 Å². The molecule has 2 aromatic carbocycles. The lowest BCUT2D eigenvalue weighted by atomic mass is 9.48. The summed E-state index contributed by atoms with van der Waals surface area (Å²) in [6, 6.07) is 17.1. The van der Waals surface area contributed by atoms with Gasteiger partial charge in [0.1, 0.15) is 0 Å². The molecule has 2 heteroatoms. The van der Waals surface area contributed by atoms with Crippen LogP contribution in [0.3, 0.4) is 0 Å². The summed E-state index contributed by atoms with van der Waals surface area (Å²) in [6.07, 6.45) is 0.